The fourth-order valence-electron chi connectivity index (χ4n) is 3.63. The molecule has 1 aliphatic rings. The van der Waals surface area contributed by atoms with Crippen molar-refractivity contribution in [3.8, 4) is 11.1 Å². The Morgan fingerprint density at radius 3 is 2.22 bits per heavy atom. The van der Waals surface area contributed by atoms with Gasteiger partial charge in [0.05, 0.1) is 0 Å². The first-order valence-corrected chi connectivity index (χ1v) is 8.23. The Morgan fingerprint density at radius 2 is 1.48 bits per heavy atom. The number of nitrogens with zero attached hydrogens (tertiary/aromatic N) is 1. The average molecular weight is 299 g/mol. The van der Waals surface area contributed by atoms with E-state index in [1.807, 2.05) is 0 Å². The molecule has 23 heavy (non-hydrogen) atoms. The molecule has 0 spiro atoms. The van der Waals surface area contributed by atoms with Crippen LogP contribution in [0.2, 0.25) is 0 Å². The van der Waals surface area contributed by atoms with Gasteiger partial charge in [0.2, 0.25) is 0 Å². The molecule has 0 radical (unpaired) electrons. The SMILES string of the molecule is CN1Cc2cc(-c3ccccc3)ccc2[C@H](c2ccccc2)C1. The quantitative estimate of drug-likeness (QED) is 0.648. The van der Waals surface area contributed by atoms with E-state index in [1.54, 1.807) is 0 Å². The first-order chi connectivity index (χ1) is 11.3. The van der Waals surface area contributed by atoms with Crippen LogP contribution in [-0.2, 0) is 6.54 Å². The largest absolute Gasteiger partial charge is 0.301 e. The lowest BCUT2D eigenvalue weighted by Gasteiger charge is -2.33. The topological polar surface area (TPSA) is 3.24 Å². The minimum Gasteiger partial charge on any atom is -0.301 e. The molecular formula is C22H21N. The minimum absolute atomic E-state index is 0.467. The maximum atomic E-state index is 2.43. The molecule has 1 heteroatoms. The van der Waals surface area contributed by atoms with E-state index in [0.29, 0.717) is 5.92 Å². The van der Waals surface area contributed by atoms with Crippen LogP contribution in [-0.4, -0.2) is 18.5 Å². The van der Waals surface area contributed by atoms with Gasteiger partial charge >= 0.3 is 0 Å². The normalized spacial score (nSPS) is 17.7. The van der Waals surface area contributed by atoms with Crippen molar-refractivity contribution in [1.82, 2.24) is 4.90 Å². The number of rotatable bonds is 2. The molecule has 4 rings (SSSR count). The Kier molecular flexibility index (Phi) is 3.72. The fraction of sp³-hybridized carbons (Fsp3) is 0.182. The third-order valence-corrected chi connectivity index (χ3v) is 4.76. The van der Waals surface area contributed by atoms with Gasteiger partial charge in [0.1, 0.15) is 0 Å². The van der Waals surface area contributed by atoms with Crippen LogP contribution in [0.15, 0.2) is 78.9 Å². The Hall–Kier alpha value is -2.38. The molecule has 3 aromatic carbocycles. The van der Waals surface area contributed by atoms with Crippen LogP contribution >= 0.6 is 0 Å². The number of benzene rings is 3. The number of fused-ring (bicyclic) bond motifs is 1. The molecule has 1 nitrogen and oxygen atoms in total. The maximum Gasteiger partial charge on any atom is 0.0234 e. The Bertz CT molecular complexity index is 793. The molecule has 0 aliphatic carbocycles. The molecule has 1 heterocycles. The third-order valence-electron chi connectivity index (χ3n) is 4.76. The standard InChI is InChI=1S/C22H21N/c1-23-15-20-14-19(17-8-4-2-5-9-17)12-13-21(20)22(16-23)18-10-6-3-7-11-18/h2-14,22H,15-16H2,1H3/t22-/m0/s1. The summed E-state index contributed by atoms with van der Waals surface area (Å²) in [7, 11) is 2.22. The Morgan fingerprint density at radius 1 is 0.783 bits per heavy atom. The molecule has 114 valence electrons. The smallest absolute Gasteiger partial charge is 0.0234 e. The lowest BCUT2D eigenvalue weighted by molar-refractivity contribution is 0.295. The molecule has 0 saturated heterocycles. The molecule has 0 N–H and O–H groups in total. The number of hydrogen-bond donors (Lipinski definition) is 0. The summed E-state index contributed by atoms with van der Waals surface area (Å²) in [6.07, 6.45) is 0. The summed E-state index contributed by atoms with van der Waals surface area (Å²) in [5.74, 6) is 0.467. The van der Waals surface area contributed by atoms with Crippen LogP contribution in [0.5, 0.6) is 0 Å². The summed E-state index contributed by atoms with van der Waals surface area (Å²) in [5.41, 5.74) is 6.95. The zero-order chi connectivity index (χ0) is 15.6. The highest BCUT2D eigenvalue weighted by molar-refractivity contribution is 5.65. The van der Waals surface area contributed by atoms with E-state index >= 15 is 0 Å². The van der Waals surface area contributed by atoms with Crippen molar-refractivity contribution < 1.29 is 0 Å². The van der Waals surface area contributed by atoms with E-state index < -0.39 is 0 Å². The van der Waals surface area contributed by atoms with Crippen molar-refractivity contribution in [3.05, 3.63) is 95.6 Å². The van der Waals surface area contributed by atoms with E-state index in [-0.39, 0.29) is 0 Å². The monoisotopic (exact) mass is 299 g/mol. The van der Waals surface area contributed by atoms with Gasteiger partial charge in [-0.1, -0.05) is 72.8 Å². The predicted octanol–water partition coefficient (Wildman–Crippen LogP) is 4.93. The van der Waals surface area contributed by atoms with Gasteiger partial charge in [0.25, 0.3) is 0 Å². The molecule has 0 aromatic heterocycles. The molecule has 1 aliphatic heterocycles. The van der Waals surface area contributed by atoms with E-state index in [9.17, 15) is 0 Å². The van der Waals surface area contributed by atoms with Crippen molar-refractivity contribution in [2.24, 2.45) is 0 Å². The van der Waals surface area contributed by atoms with Crippen LogP contribution in [0, 0.1) is 0 Å². The molecular weight excluding hydrogens is 278 g/mol. The van der Waals surface area contributed by atoms with Crippen molar-refractivity contribution in [3.63, 3.8) is 0 Å². The van der Waals surface area contributed by atoms with Gasteiger partial charge in [-0.05, 0) is 40.9 Å². The summed E-state index contributed by atoms with van der Waals surface area (Å²) < 4.78 is 0. The summed E-state index contributed by atoms with van der Waals surface area (Å²) in [4.78, 5) is 2.43. The summed E-state index contributed by atoms with van der Waals surface area (Å²) in [6, 6.07) is 28.5. The fourth-order valence-corrected chi connectivity index (χ4v) is 3.63. The van der Waals surface area contributed by atoms with E-state index in [4.69, 9.17) is 0 Å². The first kappa shape index (κ1) is 14.2. The second-order valence-corrected chi connectivity index (χ2v) is 6.44. The Labute approximate surface area is 138 Å². The summed E-state index contributed by atoms with van der Waals surface area (Å²) in [6.45, 7) is 2.11. The second-order valence-electron chi connectivity index (χ2n) is 6.44. The maximum absolute atomic E-state index is 2.43. The third kappa shape index (κ3) is 2.80. The van der Waals surface area contributed by atoms with Gasteiger partial charge in [-0.15, -0.1) is 0 Å². The summed E-state index contributed by atoms with van der Waals surface area (Å²) >= 11 is 0. The molecule has 0 amide bonds. The van der Waals surface area contributed by atoms with Gasteiger partial charge in [-0.2, -0.15) is 0 Å². The second kappa shape index (κ2) is 6.02. The lowest BCUT2D eigenvalue weighted by atomic mass is 9.83. The van der Waals surface area contributed by atoms with E-state index in [0.717, 1.165) is 13.1 Å². The van der Waals surface area contributed by atoms with Crippen LogP contribution in [0.3, 0.4) is 0 Å². The molecule has 3 aromatic rings. The number of likely N-dealkylation sites (N-methyl/N-ethyl adjacent to an activating group) is 1. The highest BCUT2D eigenvalue weighted by Gasteiger charge is 2.24. The van der Waals surface area contributed by atoms with Gasteiger partial charge in [0.15, 0.2) is 0 Å². The first-order valence-electron chi connectivity index (χ1n) is 8.23. The molecule has 1 atom stereocenters. The van der Waals surface area contributed by atoms with Crippen LogP contribution in [0.25, 0.3) is 11.1 Å². The van der Waals surface area contributed by atoms with Gasteiger partial charge in [0, 0.05) is 19.0 Å². The average Bonchev–Trinajstić information content (AvgIpc) is 2.62. The van der Waals surface area contributed by atoms with Crippen molar-refractivity contribution in [2.75, 3.05) is 13.6 Å². The van der Waals surface area contributed by atoms with Crippen molar-refractivity contribution >= 4 is 0 Å². The van der Waals surface area contributed by atoms with Gasteiger partial charge in [-0.3, -0.25) is 0 Å². The van der Waals surface area contributed by atoms with E-state index in [1.165, 1.54) is 27.8 Å². The number of hydrogen-bond acceptors (Lipinski definition) is 1. The van der Waals surface area contributed by atoms with Crippen molar-refractivity contribution in [2.45, 2.75) is 12.5 Å². The highest BCUT2D eigenvalue weighted by Crippen LogP contribution is 2.35. The van der Waals surface area contributed by atoms with Crippen LogP contribution in [0.4, 0.5) is 0 Å². The molecule has 0 saturated carbocycles. The highest BCUT2D eigenvalue weighted by atomic mass is 15.1. The molecule has 0 bridgehead atoms. The zero-order valence-corrected chi connectivity index (χ0v) is 13.4. The minimum atomic E-state index is 0.467. The van der Waals surface area contributed by atoms with E-state index in [2.05, 4.69) is 90.8 Å². The molecule has 0 unspecified atom stereocenters. The zero-order valence-electron chi connectivity index (χ0n) is 13.4. The van der Waals surface area contributed by atoms with Crippen LogP contribution < -0.4 is 0 Å². The van der Waals surface area contributed by atoms with Crippen molar-refractivity contribution in [1.29, 1.82) is 0 Å². The summed E-state index contributed by atoms with van der Waals surface area (Å²) in [5, 5.41) is 0. The van der Waals surface area contributed by atoms with Gasteiger partial charge in [-0.25, -0.2) is 0 Å². The van der Waals surface area contributed by atoms with Gasteiger partial charge < -0.3 is 4.90 Å². The lowest BCUT2D eigenvalue weighted by Crippen LogP contribution is -2.30. The van der Waals surface area contributed by atoms with Crippen LogP contribution in [0.1, 0.15) is 22.6 Å². The molecule has 0 fully saturated rings. The predicted molar refractivity (Wildman–Crippen MR) is 96.5 cm³/mol. The Balaban J connectivity index is 1.77.